The van der Waals surface area contributed by atoms with E-state index in [2.05, 4.69) is 10.4 Å². The first-order chi connectivity index (χ1) is 13.2. The number of nitrogens with zero attached hydrogens (tertiary/aromatic N) is 3. The average molecular weight is 398 g/mol. The second-order valence-electron chi connectivity index (χ2n) is 7.08. The van der Waals surface area contributed by atoms with Gasteiger partial charge in [-0.05, 0) is 51.0 Å². The Balaban J connectivity index is 1.88. The molecule has 0 saturated carbocycles. The Kier molecular flexibility index (Phi) is 5.38. The first kappa shape index (κ1) is 19.8. The molecule has 1 aromatic carbocycles. The second-order valence-corrected chi connectivity index (χ2v) is 9.31. The molecule has 0 unspecified atom stereocenters. The Hall–Kier alpha value is -2.92. The summed E-state index contributed by atoms with van der Waals surface area (Å²) in [6, 6.07) is 9.06. The van der Waals surface area contributed by atoms with Gasteiger partial charge in [-0.1, -0.05) is 12.1 Å². The van der Waals surface area contributed by atoms with Crippen LogP contribution in [-0.2, 0) is 14.6 Å². The van der Waals surface area contributed by atoms with Gasteiger partial charge in [0.1, 0.15) is 11.6 Å². The fourth-order valence-electron chi connectivity index (χ4n) is 3.42. The number of nitrogens with one attached hydrogen (secondary N) is 1. The molecule has 1 aliphatic heterocycles. The molecular weight excluding hydrogens is 376 g/mol. The van der Waals surface area contributed by atoms with Crippen LogP contribution in [0.15, 0.2) is 29.8 Å². The second kappa shape index (κ2) is 7.60. The van der Waals surface area contributed by atoms with Gasteiger partial charge in [0, 0.05) is 16.9 Å². The maximum Gasteiger partial charge on any atom is 0.266 e. The summed E-state index contributed by atoms with van der Waals surface area (Å²) in [7, 11) is -3.04. The molecule has 8 heteroatoms. The largest absolute Gasteiger partial charge is 0.321 e. The summed E-state index contributed by atoms with van der Waals surface area (Å²) >= 11 is 0. The lowest BCUT2D eigenvalue weighted by atomic mass is 10.1. The molecule has 28 heavy (non-hydrogen) atoms. The highest BCUT2D eigenvalue weighted by Gasteiger charge is 2.31. The van der Waals surface area contributed by atoms with Crippen molar-refractivity contribution in [2.24, 2.45) is 0 Å². The van der Waals surface area contributed by atoms with Gasteiger partial charge in [-0.15, -0.1) is 0 Å². The molecule has 0 aliphatic carbocycles. The third-order valence-corrected chi connectivity index (χ3v) is 6.62. The normalized spacial score (nSPS) is 18.6. The zero-order chi connectivity index (χ0) is 20.5. The zero-order valence-corrected chi connectivity index (χ0v) is 16.9. The van der Waals surface area contributed by atoms with Crippen LogP contribution in [0.4, 0.5) is 5.69 Å². The number of nitriles is 1. The number of sulfone groups is 1. The van der Waals surface area contributed by atoms with Gasteiger partial charge in [-0.2, -0.15) is 10.4 Å². The van der Waals surface area contributed by atoms with Crippen molar-refractivity contribution < 1.29 is 13.2 Å². The van der Waals surface area contributed by atoms with E-state index in [1.165, 1.54) is 6.08 Å². The Labute approximate surface area is 164 Å². The van der Waals surface area contributed by atoms with E-state index >= 15 is 0 Å². The van der Waals surface area contributed by atoms with Crippen LogP contribution < -0.4 is 5.32 Å². The molecule has 3 rings (SSSR count). The molecule has 0 spiro atoms. The lowest BCUT2D eigenvalue weighted by Crippen LogP contribution is -2.14. The monoisotopic (exact) mass is 398 g/mol. The fraction of sp³-hybridized carbons (Fsp3) is 0.350. The van der Waals surface area contributed by atoms with Gasteiger partial charge in [0.25, 0.3) is 5.91 Å². The number of aromatic nitrogens is 2. The first-order valence-electron chi connectivity index (χ1n) is 8.96. The average Bonchev–Trinajstić information content (AvgIpc) is 3.12. The number of benzene rings is 1. The third kappa shape index (κ3) is 4.15. The number of carbonyl (C=O) groups excluding carboxylic acids is 1. The highest BCUT2D eigenvalue weighted by Crippen LogP contribution is 2.27. The number of rotatable bonds is 4. The molecule has 1 aliphatic rings. The molecule has 146 valence electrons. The van der Waals surface area contributed by atoms with Crippen molar-refractivity contribution in [2.45, 2.75) is 33.2 Å². The van der Waals surface area contributed by atoms with E-state index in [1.807, 2.05) is 38.1 Å². The van der Waals surface area contributed by atoms with Gasteiger partial charge in [-0.25, -0.2) is 8.42 Å². The van der Waals surface area contributed by atoms with Crippen molar-refractivity contribution in [2.75, 3.05) is 16.8 Å². The Morgan fingerprint density at radius 3 is 2.71 bits per heavy atom. The molecule has 7 nitrogen and oxygen atoms in total. The SMILES string of the molecule is Cc1cccc(NC(=O)/C(C#N)=C/c2c(C)nn([C@H]3CCS(=O)(=O)C3)c2C)c1. The molecule has 1 atom stereocenters. The van der Waals surface area contributed by atoms with Gasteiger partial charge in [-0.3, -0.25) is 9.48 Å². The number of hydrogen-bond acceptors (Lipinski definition) is 5. The standard InChI is InChI=1S/C20H22N4O3S/c1-13-5-4-6-17(9-13)22-20(25)16(11-21)10-19-14(2)23-24(15(19)3)18-7-8-28(26,27)12-18/h4-6,9-10,18H,7-8,12H2,1-3H3,(H,22,25)/b16-10+/t18-/m0/s1. The van der Waals surface area contributed by atoms with Crippen LogP contribution in [0.3, 0.4) is 0 Å². The summed E-state index contributed by atoms with van der Waals surface area (Å²) in [5, 5.41) is 16.7. The van der Waals surface area contributed by atoms with Crippen LogP contribution in [-0.4, -0.2) is 35.6 Å². The minimum Gasteiger partial charge on any atom is -0.321 e. The van der Waals surface area contributed by atoms with Gasteiger partial charge in [0.05, 0.1) is 23.2 Å². The number of anilines is 1. The molecule has 2 aromatic rings. The van der Waals surface area contributed by atoms with Crippen LogP contribution in [0.5, 0.6) is 0 Å². The van der Waals surface area contributed by atoms with E-state index in [0.717, 1.165) is 11.3 Å². The Bertz CT molecular complexity index is 1110. The van der Waals surface area contributed by atoms with Crippen LogP contribution in [0.2, 0.25) is 0 Å². The third-order valence-electron chi connectivity index (χ3n) is 4.86. The summed E-state index contributed by atoms with van der Waals surface area (Å²) < 4.78 is 25.3. The Morgan fingerprint density at radius 2 is 2.11 bits per heavy atom. The highest BCUT2D eigenvalue weighted by molar-refractivity contribution is 7.91. The van der Waals surface area contributed by atoms with Gasteiger partial charge in [0.15, 0.2) is 9.84 Å². The van der Waals surface area contributed by atoms with E-state index in [0.29, 0.717) is 23.4 Å². The van der Waals surface area contributed by atoms with Crippen LogP contribution in [0.25, 0.3) is 6.08 Å². The first-order valence-corrected chi connectivity index (χ1v) is 10.8. The number of hydrogen-bond donors (Lipinski definition) is 1. The van der Waals surface area contributed by atoms with Crippen molar-refractivity contribution in [3.63, 3.8) is 0 Å². The molecule has 1 fully saturated rings. The summed E-state index contributed by atoms with van der Waals surface area (Å²) in [6.07, 6.45) is 2.04. The molecular formula is C20H22N4O3S. The smallest absolute Gasteiger partial charge is 0.266 e. The van der Waals surface area contributed by atoms with Gasteiger partial charge >= 0.3 is 0 Å². The Morgan fingerprint density at radius 1 is 1.36 bits per heavy atom. The molecule has 0 bridgehead atoms. The van der Waals surface area contributed by atoms with Crippen LogP contribution in [0.1, 0.15) is 35.0 Å². The lowest BCUT2D eigenvalue weighted by Gasteiger charge is -2.11. The minimum atomic E-state index is -3.04. The maximum absolute atomic E-state index is 12.5. The highest BCUT2D eigenvalue weighted by atomic mass is 32.2. The van der Waals surface area contributed by atoms with Crippen molar-refractivity contribution in [3.8, 4) is 6.07 Å². The van der Waals surface area contributed by atoms with E-state index in [9.17, 15) is 18.5 Å². The van der Waals surface area contributed by atoms with Crippen LogP contribution in [0, 0.1) is 32.1 Å². The van der Waals surface area contributed by atoms with Crippen molar-refractivity contribution >= 4 is 27.5 Å². The van der Waals surface area contributed by atoms with E-state index < -0.39 is 15.7 Å². The predicted molar refractivity (Wildman–Crippen MR) is 107 cm³/mol. The van der Waals surface area contributed by atoms with Crippen LogP contribution >= 0.6 is 0 Å². The molecule has 0 radical (unpaired) electrons. The summed E-state index contributed by atoms with van der Waals surface area (Å²) in [6.45, 7) is 5.53. The molecule has 2 heterocycles. The van der Waals surface area contributed by atoms with E-state index in [-0.39, 0.29) is 23.1 Å². The van der Waals surface area contributed by atoms with Gasteiger partial charge < -0.3 is 5.32 Å². The number of aryl methyl sites for hydroxylation is 2. The quantitative estimate of drug-likeness (QED) is 0.630. The topological polar surface area (TPSA) is 105 Å². The summed E-state index contributed by atoms with van der Waals surface area (Å²) in [5.41, 5.74) is 3.64. The molecule has 1 amide bonds. The lowest BCUT2D eigenvalue weighted by molar-refractivity contribution is -0.112. The maximum atomic E-state index is 12.5. The van der Waals surface area contributed by atoms with Crippen molar-refractivity contribution in [1.82, 2.24) is 9.78 Å². The zero-order valence-electron chi connectivity index (χ0n) is 16.1. The molecule has 1 aromatic heterocycles. The number of amides is 1. The molecule has 1 saturated heterocycles. The molecule has 1 N–H and O–H groups in total. The van der Waals surface area contributed by atoms with E-state index in [4.69, 9.17) is 0 Å². The summed E-state index contributed by atoms with van der Waals surface area (Å²) in [4.78, 5) is 12.5. The van der Waals surface area contributed by atoms with Crippen molar-refractivity contribution in [3.05, 3.63) is 52.4 Å². The minimum absolute atomic E-state index is 0.0358. The predicted octanol–water partition coefficient (Wildman–Crippen LogP) is 2.71. The fourth-order valence-corrected chi connectivity index (χ4v) is 5.11. The number of carbonyl (C=O) groups is 1. The van der Waals surface area contributed by atoms with Gasteiger partial charge in [0.2, 0.25) is 0 Å². The summed E-state index contributed by atoms with van der Waals surface area (Å²) in [5.74, 6) is -0.274. The van der Waals surface area contributed by atoms with E-state index in [1.54, 1.807) is 17.7 Å². The van der Waals surface area contributed by atoms with Crippen molar-refractivity contribution in [1.29, 1.82) is 5.26 Å².